The highest BCUT2D eigenvalue weighted by atomic mass is 32.1. The molecule has 0 saturated heterocycles. The topological polar surface area (TPSA) is 9.72 Å². The van der Waals surface area contributed by atoms with Crippen LogP contribution < -0.4 is 31.1 Å². The van der Waals surface area contributed by atoms with Crippen LogP contribution in [0.1, 0.15) is 162 Å². The maximum Gasteiger partial charge on any atom is 0.252 e. The standard InChI is InChI=1S/C73H78BN3S/c1-45-39-62-67-63(40-45)77(59-20-18-22-65-66(59)52-19-16-17-21-64(52)78-65)60-42-51(75(48-27-23-46(24-28-48)68(2,3)4)49-29-25-47(26-30-49)69(5,6)7)32-34-57(60)74(67)58-43-55-56(73(14,15)38-37-72(55,12)13)44-61(58)76(62)50-31-33-53-54(41-50)71(10,11)36-35-70(53,8)9/h16-34,39-44H,35-38H2,1-15H3. The molecule has 5 heteroatoms. The van der Waals surface area contributed by atoms with Crippen LogP contribution in [0.15, 0.2) is 152 Å². The Balaban J connectivity index is 1.13. The fraction of sp³-hybridized carbons (Fsp3) is 0.342. The van der Waals surface area contributed by atoms with E-state index in [1.165, 1.54) is 122 Å². The fourth-order valence-corrected chi connectivity index (χ4v) is 15.3. The first-order valence-electron chi connectivity index (χ1n) is 29.0. The minimum absolute atomic E-state index is 0.0229. The summed E-state index contributed by atoms with van der Waals surface area (Å²) >= 11 is 1.90. The average Bonchev–Trinajstić information content (AvgIpc) is 3.83. The molecule has 78 heavy (non-hydrogen) atoms. The van der Waals surface area contributed by atoms with Gasteiger partial charge in [0, 0.05) is 65.7 Å². The van der Waals surface area contributed by atoms with Crippen molar-refractivity contribution in [2.45, 2.75) is 162 Å². The Hall–Kier alpha value is -6.56. The molecule has 0 unspecified atom stereocenters. The van der Waals surface area contributed by atoms with Gasteiger partial charge in [0.1, 0.15) is 0 Å². The summed E-state index contributed by atoms with van der Waals surface area (Å²) in [7, 11) is 0. The molecule has 8 aromatic carbocycles. The predicted molar refractivity (Wildman–Crippen MR) is 341 cm³/mol. The van der Waals surface area contributed by atoms with Crippen LogP contribution in [-0.2, 0) is 32.5 Å². The third-order valence-electron chi connectivity index (χ3n) is 19.1. The second-order valence-electron chi connectivity index (χ2n) is 28.5. The first-order chi connectivity index (χ1) is 36.8. The Bertz CT molecular complexity index is 3850. The van der Waals surface area contributed by atoms with E-state index in [0.29, 0.717) is 0 Å². The number of nitrogens with zero attached hydrogens (tertiary/aromatic N) is 3. The lowest BCUT2D eigenvalue weighted by Gasteiger charge is -2.48. The SMILES string of the molecule is Cc1cc2c3c(c1)N(c1cccc4sc5ccccc5c14)c1cc(N(c4ccc(C(C)(C)C)cc4)c4ccc(C(C)(C)C)cc4)ccc1B3c1cc3c(cc1N2c1ccc2c(c1)C(C)(C)CCC2(C)C)C(C)(C)CCC3(C)C. The van der Waals surface area contributed by atoms with Crippen LogP contribution in [0.2, 0.25) is 0 Å². The lowest BCUT2D eigenvalue weighted by atomic mass is 9.33. The zero-order valence-corrected chi connectivity index (χ0v) is 49.9. The van der Waals surface area contributed by atoms with Crippen molar-refractivity contribution in [1.82, 2.24) is 0 Å². The maximum absolute atomic E-state index is 2.70. The van der Waals surface area contributed by atoms with Crippen LogP contribution in [0.4, 0.5) is 51.2 Å². The Morgan fingerprint density at radius 3 is 1.55 bits per heavy atom. The number of hydrogen-bond acceptors (Lipinski definition) is 4. The maximum atomic E-state index is 2.70. The molecule has 9 aromatic rings. The highest BCUT2D eigenvalue weighted by molar-refractivity contribution is 7.26. The van der Waals surface area contributed by atoms with Gasteiger partial charge in [-0.15, -0.1) is 11.3 Å². The van der Waals surface area contributed by atoms with Crippen molar-refractivity contribution in [3.05, 3.63) is 191 Å². The minimum atomic E-state index is -0.0229. The van der Waals surface area contributed by atoms with E-state index >= 15 is 0 Å². The van der Waals surface area contributed by atoms with Gasteiger partial charge < -0.3 is 14.7 Å². The molecule has 0 bridgehead atoms. The normalized spacial score (nSPS) is 17.6. The van der Waals surface area contributed by atoms with Crippen molar-refractivity contribution in [2.75, 3.05) is 14.7 Å². The summed E-state index contributed by atoms with van der Waals surface area (Å²) < 4.78 is 2.62. The Kier molecular flexibility index (Phi) is 11.2. The molecule has 0 fully saturated rings. The van der Waals surface area contributed by atoms with Crippen LogP contribution in [0.5, 0.6) is 0 Å². The van der Waals surface area contributed by atoms with Crippen molar-refractivity contribution in [3.63, 3.8) is 0 Å². The van der Waals surface area contributed by atoms with Gasteiger partial charge in [0.25, 0.3) is 6.71 Å². The zero-order valence-electron chi connectivity index (χ0n) is 49.1. The largest absolute Gasteiger partial charge is 0.311 e. The quantitative estimate of drug-likeness (QED) is 0.159. The first kappa shape index (κ1) is 50.9. The molecule has 394 valence electrons. The Labute approximate surface area is 470 Å². The highest BCUT2D eigenvalue weighted by Crippen LogP contribution is 2.54. The van der Waals surface area contributed by atoms with E-state index in [0.717, 1.165) is 29.9 Å². The third kappa shape index (κ3) is 7.94. The fourth-order valence-electron chi connectivity index (χ4n) is 14.2. The Morgan fingerprint density at radius 1 is 0.436 bits per heavy atom. The molecule has 0 N–H and O–H groups in total. The number of fused-ring (bicyclic) bond motifs is 9. The molecular weight excluding hydrogens is 962 g/mol. The first-order valence-corrected chi connectivity index (χ1v) is 29.8. The van der Waals surface area contributed by atoms with Crippen LogP contribution in [-0.4, -0.2) is 6.71 Å². The second-order valence-corrected chi connectivity index (χ2v) is 29.5. The van der Waals surface area contributed by atoms with Crippen molar-refractivity contribution < 1.29 is 0 Å². The number of rotatable bonds is 5. The summed E-state index contributed by atoms with van der Waals surface area (Å²) in [6, 6.07) is 60.1. The van der Waals surface area contributed by atoms with Gasteiger partial charge >= 0.3 is 0 Å². The van der Waals surface area contributed by atoms with Crippen molar-refractivity contribution >= 4 is 106 Å². The van der Waals surface area contributed by atoms with Gasteiger partial charge in [0.15, 0.2) is 0 Å². The monoisotopic (exact) mass is 1040 g/mol. The zero-order chi connectivity index (χ0) is 54.8. The average molecular weight is 1040 g/mol. The van der Waals surface area contributed by atoms with Gasteiger partial charge in [0.05, 0.1) is 5.69 Å². The minimum Gasteiger partial charge on any atom is -0.311 e. The summed E-state index contributed by atoms with van der Waals surface area (Å²) in [5.41, 5.74) is 25.2. The molecule has 4 aliphatic rings. The number of hydrogen-bond donors (Lipinski definition) is 0. The molecule has 0 saturated carbocycles. The lowest BCUT2D eigenvalue weighted by molar-refractivity contribution is 0.332. The van der Waals surface area contributed by atoms with Gasteiger partial charge in [-0.25, -0.2) is 0 Å². The molecule has 1 aromatic heterocycles. The van der Waals surface area contributed by atoms with Gasteiger partial charge in [0.2, 0.25) is 0 Å². The summed E-state index contributed by atoms with van der Waals surface area (Å²) in [5.74, 6) is 0. The van der Waals surface area contributed by atoms with Crippen molar-refractivity contribution in [2.24, 2.45) is 0 Å². The summed E-state index contributed by atoms with van der Waals surface area (Å²) in [6.45, 7) is 36.0. The van der Waals surface area contributed by atoms with E-state index in [1.54, 1.807) is 0 Å². The van der Waals surface area contributed by atoms with Crippen molar-refractivity contribution in [1.29, 1.82) is 0 Å². The van der Waals surface area contributed by atoms with Crippen LogP contribution in [0, 0.1) is 6.92 Å². The molecule has 0 atom stereocenters. The number of aryl methyl sites for hydroxylation is 1. The van der Waals surface area contributed by atoms with Crippen LogP contribution >= 0.6 is 11.3 Å². The molecular formula is C73H78BN3S. The number of benzene rings is 8. The van der Waals surface area contributed by atoms with E-state index in [-0.39, 0.29) is 39.2 Å². The smallest absolute Gasteiger partial charge is 0.252 e. The second kappa shape index (κ2) is 17.2. The molecule has 0 spiro atoms. The molecule has 13 rings (SSSR count). The third-order valence-corrected chi connectivity index (χ3v) is 20.3. The molecule has 3 nitrogen and oxygen atoms in total. The van der Waals surface area contributed by atoms with Gasteiger partial charge in [-0.3, -0.25) is 0 Å². The molecule has 0 amide bonds. The van der Waals surface area contributed by atoms with Gasteiger partial charge in [-0.1, -0.05) is 164 Å². The molecule has 2 aliphatic heterocycles. The van der Waals surface area contributed by atoms with Crippen molar-refractivity contribution in [3.8, 4) is 0 Å². The molecule has 3 heterocycles. The lowest BCUT2D eigenvalue weighted by Crippen LogP contribution is -2.62. The van der Waals surface area contributed by atoms with E-state index in [9.17, 15) is 0 Å². The van der Waals surface area contributed by atoms with Gasteiger partial charge in [-0.2, -0.15) is 0 Å². The van der Waals surface area contributed by atoms with E-state index < -0.39 is 0 Å². The number of thiophene rings is 1. The van der Waals surface area contributed by atoms with Gasteiger partial charge in [-0.05, 0) is 205 Å². The Morgan fingerprint density at radius 2 is 0.949 bits per heavy atom. The summed E-state index contributed by atoms with van der Waals surface area (Å²) in [4.78, 5) is 7.88. The highest BCUT2D eigenvalue weighted by Gasteiger charge is 2.48. The predicted octanol–water partition coefficient (Wildman–Crippen LogP) is 19.2. The molecule has 2 aliphatic carbocycles. The summed E-state index contributed by atoms with van der Waals surface area (Å²) in [6.07, 6.45) is 4.68. The summed E-state index contributed by atoms with van der Waals surface area (Å²) in [5, 5.41) is 2.61. The van der Waals surface area contributed by atoms with Crippen LogP contribution in [0.3, 0.4) is 0 Å². The van der Waals surface area contributed by atoms with Crippen LogP contribution in [0.25, 0.3) is 20.2 Å². The van der Waals surface area contributed by atoms with E-state index in [4.69, 9.17) is 0 Å². The van der Waals surface area contributed by atoms with E-state index in [2.05, 4.69) is 270 Å². The molecule has 0 radical (unpaired) electrons. The number of anilines is 9. The van der Waals surface area contributed by atoms with E-state index in [1.807, 2.05) is 11.3 Å².